The Kier molecular flexibility index (Phi) is 8.55. The Hall–Kier alpha value is -3.80. The number of carbonyl (C=O) groups is 3. The monoisotopic (exact) mass is 536 g/mol. The number of aromatic amines is 1. The highest BCUT2D eigenvalue weighted by atomic mass is 19.4. The van der Waals surface area contributed by atoms with E-state index in [0.717, 1.165) is 48.2 Å². The van der Waals surface area contributed by atoms with Crippen LogP contribution in [0.4, 0.5) is 18.9 Å². The van der Waals surface area contributed by atoms with Gasteiger partial charge in [0.2, 0.25) is 0 Å². The average Bonchev–Trinajstić information content (AvgIpc) is 3.29. The van der Waals surface area contributed by atoms with Crippen LogP contribution in [0, 0.1) is 19.8 Å². The second-order valence-electron chi connectivity index (χ2n) is 9.54. The predicted octanol–water partition coefficient (Wildman–Crippen LogP) is 3.78. The molecule has 2 aromatic rings. The van der Waals surface area contributed by atoms with Gasteiger partial charge in [-0.05, 0) is 75.3 Å². The molecule has 2 amide bonds. The minimum absolute atomic E-state index is 0.0693. The summed E-state index contributed by atoms with van der Waals surface area (Å²) in [5.74, 6) is -2.66. The van der Waals surface area contributed by atoms with E-state index >= 15 is 0 Å². The van der Waals surface area contributed by atoms with E-state index in [2.05, 4.69) is 4.98 Å². The summed E-state index contributed by atoms with van der Waals surface area (Å²) >= 11 is 0. The van der Waals surface area contributed by atoms with Crippen LogP contribution in [-0.2, 0) is 9.59 Å². The summed E-state index contributed by atoms with van der Waals surface area (Å²) in [6.45, 7) is 4.60. The van der Waals surface area contributed by atoms with Crippen LogP contribution in [0.15, 0.2) is 18.2 Å². The molecule has 1 aromatic carbocycles. The van der Waals surface area contributed by atoms with Gasteiger partial charge < -0.3 is 31.2 Å². The van der Waals surface area contributed by atoms with E-state index in [-0.39, 0.29) is 17.5 Å². The van der Waals surface area contributed by atoms with Crippen molar-refractivity contribution in [2.24, 2.45) is 17.4 Å². The second kappa shape index (κ2) is 11.3. The summed E-state index contributed by atoms with van der Waals surface area (Å²) in [4.78, 5) is 39.6. The number of nitrogens with one attached hydrogen (secondary N) is 1. The number of hydrogen-bond acceptors (Lipinski definition) is 5. The van der Waals surface area contributed by atoms with Gasteiger partial charge in [0.1, 0.15) is 5.75 Å². The van der Waals surface area contributed by atoms with Gasteiger partial charge in [0.15, 0.2) is 0 Å². The average molecular weight is 537 g/mol. The molecule has 2 aliphatic rings. The first kappa shape index (κ1) is 28.8. The molecule has 1 aromatic heterocycles. The number of carboxylic acids is 1. The van der Waals surface area contributed by atoms with Crippen molar-refractivity contribution < 1.29 is 37.4 Å². The maximum absolute atomic E-state index is 13.6. The molecule has 1 aliphatic heterocycles. The van der Waals surface area contributed by atoms with E-state index in [1.165, 1.54) is 7.11 Å². The smallest absolute Gasteiger partial charge is 0.490 e. The minimum atomic E-state index is -5.08. The fourth-order valence-corrected chi connectivity index (χ4v) is 4.73. The van der Waals surface area contributed by atoms with Gasteiger partial charge in [0.25, 0.3) is 11.8 Å². The van der Waals surface area contributed by atoms with Crippen molar-refractivity contribution in [2.75, 3.05) is 18.6 Å². The highest BCUT2D eigenvalue weighted by Crippen LogP contribution is 2.43. The lowest BCUT2D eigenvalue weighted by Crippen LogP contribution is -2.36. The van der Waals surface area contributed by atoms with Crippen LogP contribution in [-0.4, -0.2) is 53.7 Å². The molecule has 6 N–H and O–H groups in total. The molecular weight excluding hydrogens is 505 g/mol. The Bertz CT molecular complexity index is 1260. The summed E-state index contributed by atoms with van der Waals surface area (Å²) in [6, 6.07) is 5.74. The zero-order chi connectivity index (χ0) is 28.4. The van der Waals surface area contributed by atoms with Gasteiger partial charge in [0, 0.05) is 29.5 Å². The van der Waals surface area contributed by atoms with Crippen molar-refractivity contribution in [1.29, 1.82) is 0 Å². The lowest BCUT2D eigenvalue weighted by molar-refractivity contribution is -0.192. The lowest BCUT2D eigenvalue weighted by atomic mass is 9.86. The molecule has 2 heterocycles. The van der Waals surface area contributed by atoms with E-state index in [1.54, 1.807) is 17.0 Å². The number of nitrogens with zero attached hydrogens (tertiary/aromatic N) is 1. The normalized spacial score (nSPS) is 20.1. The standard InChI is InChI=1S/C24H30N4O3.C2HF3O2/c1-13-8-14(2)27-20(13)9-18-17-11-22(31-3)19(23(26)29)10-21(17)28(24(18)30)12-15-4-6-16(25)7-5-15;3-2(4,5)1(6)7/h8-11,15-16,27H,4-7,12,25H2,1-3H3,(H2,26,29);(H,6,7)/b18-9-;. The SMILES string of the molecule is COc1cc2c(cc1C(N)=O)N(CC1CCC(N)CC1)C(=O)/C2=C\c1[nH]c(C)cc1C.O=C(O)C(F)(F)F. The Morgan fingerprint density at radius 1 is 1.18 bits per heavy atom. The first-order chi connectivity index (χ1) is 17.7. The summed E-state index contributed by atoms with van der Waals surface area (Å²) < 4.78 is 37.1. The fourth-order valence-electron chi connectivity index (χ4n) is 4.73. The Balaban J connectivity index is 0.000000505. The van der Waals surface area contributed by atoms with Crippen molar-refractivity contribution >= 4 is 35.1 Å². The number of benzene rings is 1. The maximum Gasteiger partial charge on any atom is 0.490 e. The number of methoxy groups -OCH3 is 1. The Labute approximate surface area is 217 Å². The number of aliphatic carboxylic acids is 1. The number of carbonyl (C=O) groups excluding carboxylic acids is 2. The largest absolute Gasteiger partial charge is 0.496 e. The van der Waals surface area contributed by atoms with Gasteiger partial charge in [-0.25, -0.2) is 4.79 Å². The molecule has 0 unspecified atom stereocenters. The van der Waals surface area contributed by atoms with E-state index in [0.29, 0.717) is 29.5 Å². The number of rotatable bonds is 5. The number of aryl methyl sites for hydroxylation is 2. The molecule has 0 atom stereocenters. The molecule has 206 valence electrons. The summed E-state index contributed by atoms with van der Waals surface area (Å²) in [7, 11) is 1.50. The van der Waals surface area contributed by atoms with Crippen LogP contribution < -0.4 is 21.1 Å². The molecular formula is C26H31F3N4O5. The molecule has 0 bridgehead atoms. The summed E-state index contributed by atoms with van der Waals surface area (Å²) in [5, 5.41) is 7.12. The van der Waals surface area contributed by atoms with Crippen LogP contribution in [0.5, 0.6) is 5.75 Å². The number of nitrogens with two attached hydrogens (primary N) is 2. The molecule has 0 saturated heterocycles. The third-order valence-corrected chi connectivity index (χ3v) is 6.69. The van der Waals surface area contributed by atoms with Gasteiger partial charge in [-0.1, -0.05) is 0 Å². The number of fused-ring (bicyclic) bond motifs is 1. The molecule has 1 aliphatic carbocycles. The summed E-state index contributed by atoms with van der Waals surface area (Å²) in [5.41, 5.74) is 17.0. The maximum atomic E-state index is 13.6. The molecule has 1 saturated carbocycles. The van der Waals surface area contributed by atoms with Crippen molar-refractivity contribution in [3.05, 3.63) is 46.3 Å². The molecule has 0 spiro atoms. The van der Waals surface area contributed by atoms with Crippen LogP contribution in [0.25, 0.3) is 11.6 Å². The quantitative estimate of drug-likeness (QED) is 0.427. The number of amides is 2. The number of carboxylic acid groups (broad SMARTS) is 1. The van der Waals surface area contributed by atoms with Crippen LogP contribution >= 0.6 is 0 Å². The lowest BCUT2D eigenvalue weighted by Gasteiger charge is -2.30. The van der Waals surface area contributed by atoms with Crippen molar-refractivity contribution in [1.82, 2.24) is 4.98 Å². The third-order valence-electron chi connectivity index (χ3n) is 6.69. The number of halogens is 3. The number of H-pyrrole nitrogens is 1. The predicted molar refractivity (Wildman–Crippen MR) is 136 cm³/mol. The molecule has 12 heteroatoms. The highest BCUT2D eigenvalue weighted by Gasteiger charge is 2.38. The van der Waals surface area contributed by atoms with E-state index in [9.17, 15) is 22.8 Å². The van der Waals surface area contributed by atoms with E-state index in [1.807, 2.05) is 26.0 Å². The number of alkyl halides is 3. The Morgan fingerprint density at radius 2 is 1.79 bits per heavy atom. The first-order valence-electron chi connectivity index (χ1n) is 12.0. The molecule has 1 fully saturated rings. The highest BCUT2D eigenvalue weighted by molar-refractivity contribution is 6.36. The van der Waals surface area contributed by atoms with E-state index in [4.69, 9.17) is 26.1 Å². The van der Waals surface area contributed by atoms with Crippen LogP contribution in [0.2, 0.25) is 0 Å². The number of hydrogen-bond donors (Lipinski definition) is 4. The van der Waals surface area contributed by atoms with Gasteiger partial charge in [-0.3, -0.25) is 9.59 Å². The summed E-state index contributed by atoms with van der Waals surface area (Å²) in [6.07, 6.45) is 0.737. The van der Waals surface area contributed by atoms with E-state index < -0.39 is 18.1 Å². The zero-order valence-corrected chi connectivity index (χ0v) is 21.3. The second-order valence-corrected chi connectivity index (χ2v) is 9.54. The zero-order valence-electron chi connectivity index (χ0n) is 21.3. The first-order valence-corrected chi connectivity index (χ1v) is 12.0. The number of aromatic nitrogens is 1. The number of anilines is 1. The molecule has 4 rings (SSSR count). The van der Waals surface area contributed by atoms with Gasteiger partial charge in [0.05, 0.1) is 23.9 Å². The molecule has 0 radical (unpaired) electrons. The third kappa shape index (κ3) is 6.36. The van der Waals surface area contributed by atoms with Crippen LogP contribution in [0.1, 0.15) is 58.6 Å². The van der Waals surface area contributed by atoms with Crippen molar-refractivity contribution in [2.45, 2.75) is 51.7 Å². The van der Waals surface area contributed by atoms with Crippen molar-refractivity contribution in [3.63, 3.8) is 0 Å². The van der Waals surface area contributed by atoms with Crippen LogP contribution in [0.3, 0.4) is 0 Å². The topological polar surface area (TPSA) is 152 Å². The van der Waals surface area contributed by atoms with Gasteiger partial charge in [-0.2, -0.15) is 13.2 Å². The Morgan fingerprint density at radius 3 is 2.26 bits per heavy atom. The number of primary amides is 1. The minimum Gasteiger partial charge on any atom is -0.496 e. The van der Waals surface area contributed by atoms with Crippen molar-refractivity contribution in [3.8, 4) is 5.75 Å². The van der Waals surface area contributed by atoms with Gasteiger partial charge in [-0.15, -0.1) is 0 Å². The fraction of sp³-hybridized carbons (Fsp3) is 0.423. The van der Waals surface area contributed by atoms with Gasteiger partial charge >= 0.3 is 12.1 Å². The molecule has 9 nitrogen and oxygen atoms in total. The molecule has 38 heavy (non-hydrogen) atoms. The number of ether oxygens (including phenoxy) is 1.